The van der Waals surface area contributed by atoms with Crippen LogP contribution in [0, 0.1) is 11.8 Å². The normalized spacial score (nSPS) is 22.9. The van der Waals surface area contributed by atoms with Gasteiger partial charge in [-0.05, 0) is 58.4 Å². The number of benzene rings is 3. The number of halogens is 3. The van der Waals surface area contributed by atoms with Crippen molar-refractivity contribution in [2.45, 2.75) is 12.1 Å². The predicted octanol–water partition coefficient (Wildman–Crippen LogP) is 6.14. The molecule has 2 saturated heterocycles. The summed E-state index contributed by atoms with van der Waals surface area (Å²) in [4.78, 5) is 58.2. The van der Waals surface area contributed by atoms with E-state index >= 15 is 0 Å². The van der Waals surface area contributed by atoms with Crippen molar-refractivity contribution in [3.8, 4) is 5.75 Å². The molecule has 3 aromatic carbocycles. The molecule has 3 aliphatic heterocycles. The number of carbonyl (C=O) groups is 4. The van der Waals surface area contributed by atoms with Crippen molar-refractivity contribution < 1.29 is 23.9 Å². The van der Waals surface area contributed by atoms with Crippen LogP contribution in [0.15, 0.2) is 95.1 Å². The Labute approximate surface area is 254 Å². The summed E-state index contributed by atoms with van der Waals surface area (Å²) in [7, 11) is 1.52. The van der Waals surface area contributed by atoms with Gasteiger partial charge in [-0.1, -0.05) is 59.6 Å². The number of Topliss-reactive ketones (excluding diaryl/α,β-unsaturated/α-hetero) is 2. The Morgan fingerprint density at radius 2 is 1.63 bits per heavy atom. The van der Waals surface area contributed by atoms with Gasteiger partial charge < -0.3 is 9.64 Å². The Kier molecular flexibility index (Phi) is 7.09. The summed E-state index contributed by atoms with van der Waals surface area (Å²) >= 11 is 15.9. The van der Waals surface area contributed by atoms with Gasteiger partial charge in [-0.15, -0.1) is 0 Å². The number of anilines is 1. The smallest absolute Gasteiger partial charge is 0.240 e. The first-order valence-corrected chi connectivity index (χ1v) is 14.2. The van der Waals surface area contributed by atoms with Crippen molar-refractivity contribution >= 4 is 68.2 Å². The predicted molar refractivity (Wildman–Crippen MR) is 158 cm³/mol. The Balaban J connectivity index is 1.45. The van der Waals surface area contributed by atoms with Gasteiger partial charge in [0.2, 0.25) is 11.8 Å². The molecule has 0 spiro atoms. The van der Waals surface area contributed by atoms with E-state index < -0.39 is 35.7 Å². The van der Waals surface area contributed by atoms with Gasteiger partial charge >= 0.3 is 0 Å². The lowest BCUT2D eigenvalue weighted by Crippen LogP contribution is -2.46. The van der Waals surface area contributed by atoms with Crippen LogP contribution in [0.3, 0.4) is 0 Å². The first-order chi connectivity index (χ1) is 19.7. The summed E-state index contributed by atoms with van der Waals surface area (Å²) < 4.78 is 5.87. The molecule has 206 valence electrons. The molecule has 0 aromatic heterocycles. The van der Waals surface area contributed by atoms with Crippen LogP contribution in [-0.4, -0.2) is 47.5 Å². The molecule has 2 amide bonds. The van der Waals surface area contributed by atoms with E-state index in [1.165, 1.54) is 19.2 Å². The summed E-state index contributed by atoms with van der Waals surface area (Å²) in [5, 5.41) is 0.490. The molecule has 4 atom stereocenters. The molecule has 0 bridgehead atoms. The van der Waals surface area contributed by atoms with Crippen LogP contribution in [0.2, 0.25) is 10.0 Å². The van der Waals surface area contributed by atoms with E-state index in [1.807, 2.05) is 6.07 Å². The van der Waals surface area contributed by atoms with Crippen LogP contribution in [0.5, 0.6) is 5.75 Å². The SMILES string of the molecule is COc1ccc(C(=O)[C@@H]2[C@@H]3C(=O)N(c4ccc(Cl)cc4Cl)C(=O)[C@@H]3[C@@H]3C=C(C(=O)c4ccccc4)C=CN23)cc1Br. The number of fused-ring (bicyclic) bond motifs is 3. The Morgan fingerprint density at radius 1 is 0.902 bits per heavy atom. The van der Waals surface area contributed by atoms with Crippen molar-refractivity contribution in [3.63, 3.8) is 0 Å². The van der Waals surface area contributed by atoms with Crippen molar-refractivity contribution in [2.75, 3.05) is 12.0 Å². The van der Waals surface area contributed by atoms with Gasteiger partial charge in [0, 0.05) is 27.9 Å². The number of nitrogens with zero attached hydrogens (tertiary/aromatic N) is 2. The fourth-order valence-corrected chi connectivity index (χ4v) is 6.88. The molecular weight excluding hydrogens is 631 g/mol. The lowest BCUT2D eigenvalue weighted by atomic mass is 9.85. The molecule has 0 N–H and O–H groups in total. The number of amides is 2. The fraction of sp³-hybridized carbons (Fsp3) is 0.161. The first kappa shape index (κ1) is 27.4. The monoisotopic (exact) mass is 650 g/mol. The maximum atomic E-state index is 14.1. The Hall–Kier alpha value is -3.72. The minimum Gasteiger partial charge on any atom is -0.496 e. The third kappa shape index (κ3) is 4.51. The number of ketones is 2. The first-order valence-electron chi connectivity index (χ1n) is 12.7. The van der Waals surface area contributed by atoms with Crippen LogP contribution in [-0.2, 0) is 9.59 Å². The second-order valence-electron chi connectivity index (χ2n) is 9.89. The van der Waals surface area contributed by atoms with Crippen molar-refractivity contribution in [1.82, 2.24) is 4.90 Å². The molecule has 0 unspecified atom stereocenters. The molecule has 0 saturated carbocycles. The third-order valence-electron chi connectivity index (χ3n) is 7.70. The highest BCUT2D eigenvalue weighted by atomic mass is 79.9. The minimum absolute atomic E-state index is 0.136. The molecule has 3 heterocycles. The summed E-state index contributed by atoms with van der Waals surface area (Å²) in [5.41, 5.74) is 1.40. The number of ether oxygens (including phenoxy) is 1. The molecular formula is C31H21BrCl2N2O5. The van der Waals surface area contributed by atoms with Gasteiger partial charge in [0.1, 0.15) is 11.8 Å². The third-order valence-corrected chi connectivity index (χ3v) is 8.86. The summed E-state index contributed by atoms with van der Waals surface area (Å²) in [6, 6.07) is 16.5. The molecule has 2 fully saturated rings. The van der Waals surface area contributed by atoms with Crippen LogP contribution in [0.1, 0.15) is 20.7 Å². The van der Waals surface area contributed by atoms with Crippen molar-refractivity contribution in [3.05, 3.63) is 116 Å². The zero-order valence-corrected chi connectivity index (χ0v) is 24.6. The molecule has 3 aromatic rings. The van der Waals surface area contributed by atoms with Crippen LogP contribution in [0.25, 0.3) is 0 Å². The van der Waals surface area contributed by atoms with Crippen LogP contribution >= 0.6 is 39.1 Å². The molecule has 0 radical (unpaired) electrons. The molecule has 6 rings (SSSR count). The van der Waals surface area contributed by atoms with Gasteiger partial charge in [-0.3, -0.25) is 19.2 Å². The number of methoxy groups -OCH3 is 1. The van der Waals surface area contributed by atoms with Gasteiger partial charge in [0.25, 0.3) is 0 Å². The minimum atomic E-state index is -1.01. The zero-order chi connectivity index (χ0) is 29.0. The second-order valence-corrected chi connectivity index (χ2v) is 11.6. The summed E-state index contributed by atoms with van der Waals surface area (Å²) in [5.74, 6) is -2.99. The number of rotatable bonds is 6. The number of allylic oxidation sites excluding steroid dienone is 2. The molecule has 41 heavy (non-hydrogen) atoms. The summed E-state index contributed by atoms with van der Waals surface area (Å²) in [6.07, 6.45) is 4.95. The van der Waals surface area contributed by atoms with Gasteiger partial charge in [0.05, 0.1) is 40.2 Å². The largest absolute Gasteiger partial charge is 0.496 e. The number of imide groups is 1. The highest BCUT2D eigenvalue weighted by molar-refractivity contribution is 9.10. The van der Waals surface area contributed by atoms with E-state index in [0.717, 1.165) is 4.90 Å². The molecule has 7 nitrogen and oxygen atoms in total. The maximum Gasteiger partial charge on any atom is 0.240 e. The fourth-order valence-electron chi connectivity index (χ4n) is 5.84. The molecule has 0 aliphatic carbocycles. The van der Waals surface area contributed by atoms with E-state index in [2.05, 4.69) is 15.9 Å². The van der Waals surface area contributed by atoms with Crippen molar-refractivity contribution in [2.24, 2.45) is 11.8 Å². The molecule has 3 aliphatic rings. The average Bonchev–Trinajstić information content (AvgIpc) is 3.44. The highest BCUT2D eigenvalue weighted by Gasteiger charge is 2.63. The zero-order valence-electron chi connectivity index (χ0n) is 21.5. The van der Waals surface area contributed by atoms with E-state index in [4.69, 9.17) is 27.9 Å². The van der Waals surface area contributed by atoms with Gasteiger partial charge in [-0.2, -0.15) is 0 Å². The van der Waals surface area contributed by atoms with E-state index in [0.29, 0.717) is 31.9 Å². The topological polar surface area (TPSA) is 84.0 Å². The van der Waals surface area contributed by atoms with Gasteiger partial charge in [-0.25, -0.2) is 4.90 Å². The Morgan fingerprint density at radius 3 is 2.32 bits per heavy atom. The van der Waals surface area contributed by atoms with Crippen LogP contribution < -0.4 is 9.64 Å². The summed E-state index contributed by atoms with van der Waals surface area (Å²) in [6.45, 7) is 0. The van der Waals surface area contributed by atoms with Crippen molar-refractivity contribution in [1.29, 1.82) is 0 Å². The van der Waals surface area contributed by atoms with Gasteiger partial charge in [0.15, 0.2) is 11.6 Å². The lowest BCUT2D eigenvalue weighted by molar-refractivity contribution is -0.123. The van der Waals surface area contributed by atoms with E-state index in [9.17, 15) is 19.2 Å². The van der Waals surface area contributed by atoms with E-state index in [-0.39, 0.29) is 22.3 Å². The quantitative estimate of drug-likeness (QED) is 0.235. The Bertz CT molecular complexity index is 1690. The lowest BCUT2D eigenvalue weighted by Gasteiger charge is -2.33. The standard InChI is InChI=1S/C31H21BrCl2N2O5/c1-41-24-10-7-17(13-20(24)32)29(38)27-26-25(30(39)36(31(26)40)22-9-8-19(33)15-21(22)34)23-14-18(11-12-35(23)27)28(37)16-5-3-2-4-6-16/h2-15,23,25-27H,1H3/t23-,25+,26+,27-/m0/s1. The molecule has 10 heteroatoms. The number of hydrogen-bond donors (Lipinski definition) is 0. The average molecular weight is 652 g/mol. The maximum absolute atomic E-state index is 14.1. The van der Waals surface area contributed by atoms with Crippen LogP contribution in [0.4, 0.5) is 5.69 Å². The second kappa shape index (κ2) is 10.6. The number of hydrogen-bond acceptors (Lipinski definition) is 6. The highest BCUT2D eigenvalue weighted by Crippen LogP contribution is 2.48. The number of carbonyl (C=O) groups excluding carboxylic acids is 4. The van der Waals surface area contributed by atoms with E-state index in [1.54, 1.807) is 71.8 Å².